The molecule has 1 saturated heterocycles. The highest BCUT2D eigenvalue weighted by atomic mass is 16.6. The van der Waals surface area contributed by atoms with Crippen molar-refractivity contribution in [2.45, 2.75) is 0 Å². The van der Waals surface area contributed by atoms with Gasteiger partial charge in [0, 0.05) is 40.8 Å². The molecule has 0 bridgehead atoms. The predicted octanol–water partition coefficient (Wildman–Crippen LogP) is -0.105. The molecular weight excluding hydrogens is 250 g/mol. The Morgan fingerprint density at radius 1 is 1.47 bits per heavy atom. The molecule has 2 heterocycles. The van der Waals surface area contributed by atoms with E-state index in [0.29, 0.717) is 32.1 Å². The minimum atomic E-state index is -0.349. The lowest BCUT2D eigenvalue weighted by Gasteiger charge is -2.38. The molecule has 2 aliphatic rings. The van der Waals surface area contributed by atoms with Crippen LogP contribution in [0.25, 0.3) is 0 Å². The van der Waals surface area contributed by atoms with Crippen molar-refractivity contribution < 1.29 is 19.4 Å². The zero-order valence-corrected chi connectivity index (χ0v) is 11.4. The van der Waals surface area contributed by atoms with Crippen LogP contribution in [0.1, 0.15) is 0 Å². The van der Waals surface area contributed by atoms with Crippen LogP contribution in [0.5, 0.6) is 0 Å². The van der Waals surface area contributed by atoms with Gasteiger partial charge in [-0.25, -0.2) is 0 Å². The number of aliphatic hydroxyl groups is 1. The Bertz CT molecular complexity index is 431. The first-order chi connectivity index (χ1) is 9.04. The lowest BCUT2D eigenvalue weighted by molar-refractivity contribution is -0.133. The van der Waals surface area contributed by atoms with E-state index in [1.165, 1.54) is 0 Å². The average Bonchev–Trinajstić information content (AvgIpc) is 2.37. The molecule has 2 aliphatic heterocycles. The quantitative estimate of drug-likeness (QED) is 0.768. The molecule has 0 saturated carbocycles. The standard InChI is InChI=1S/C12H19N3O4/c1-13(2)9-8-15-5-4-14(6-7-18-3)11(16)10(15)12(17)19-9/h8,17H,4-7H2,1-3H3. The maximum Gasteiger partial charge on any atom is 0.314 e. The van der Waals surface area contributed by atoms with Gasteiger partial charge in [0.15, 0.2) is 5.70 Å². The lowest BCUT2D eigenvalue weighted by Crippen LogP contribution is -2.49. The van der Waals surface area contributed by atoms with Crippen LogP contribution in [0.2, 0.25) is 0 Å². The topological polar surface area (TPSA) is 65.5 Å². The summed E-state index contributed by atoms with van der Waals surface area (Å²) in [4.78, 5) is 17.3. The number of hydrogen-bond donors (Lipinski definition) is 1. The van der Waals surface area contributed by atoms with E-state index in [4.69, 9.17) is 9.47 Å². The van der Waals surface area contributed by atoms with Crippen molar-refractivity contribution >= 4 is 5.91 Å². The van der Waals surface area contributed by atoms with Gasteiger partial charge < -0.3 is 29.3 Å². The monoisotopic (exact) mass is 269 g/mol. The molecule has 0 aromatic heterocycles. The average molecular weight is 269 g/mol. The van der Waals surface area contributed by atoms with Crippen LogP contribution < -0.4 is 0 Å². The van der Waals surface area contributed by atoms with E-state index < -0.39 is 0 Å². The molecule has 1 N–H and O–H groups in total. The third kappa shape index (κ3) is 2.60. The third-order valence-corrected chi connectivity index (χ3v) is 3.06. The molecule has 1 amide bonds. The van der Waals surface area contributed by atoms with Gasteiger partial charge in [-0.05, 0) is 0 Å². The summed E-state index contributed by atoms with van der Waals surface area (Å²) in [6.45, 7) is 2.19. The van der Waals surface area contributed by atoms with Gasteiger partial charge in [-0.3, -0.25) is 4.79 Å². The van der Waals surface area contributed by atoms with Crippen LogP contribution in [0.15, 0.2) is 23.7 Å². The van der Waals surface area contributed by atoms with E-state index in [9.17, 15) is 9.90 Å². The van der Waals surface area contributed by atoms with E-state index in [1.807, 2.05) is 0 Å². The Kier molecular flexibility index (Phi) is 3.84. The highest BCUT2D eigenvalue weighted by Gasteiger charge is 2.35. The molecule has 0 spiro atoms. The van der Waals surface area contributed by atoms with Crippen LogP contribution in [-0.4, -0.2) is 73.2 Å². The number of rotatable bonds is 4. The fourth-order valence-electron chi connectivity index (χ4n) is 1.99. The molecule has 2 rings (SSSR count). The molecule has 0 aromatic carbocycles. The fraction of sp³-hybridized carbons (Fsp3) is 0.583. The second kappa shape index (κ2) is 5.40. The number of aliphatic hydroxyl groups excluding tert-OH is 1. The van der Waals surface area contributed by atoms with Crippen molar-refractivity contribution in [1.82, 2.24) is 14.7 Å². The second-order valence-corrected chi connectivity index (χ2v) is 4.60. The summed E-state index contributed by atoms with van der Waals surface area (Å²) in [6.07, 6.45) is 1.72. The van der Waals surface area contributed by atoms with Crippen molar-refractivity contribution in [3.05, 3.63) is 23.7 Å². The Morgan fingerprint density at radius 3 is 2.84 bits per heavy atom. The van der Waals surface area contributed by atoms with Gasteiger partial charge in [-0.15, -0.1) is 0 Å². The van der Waals surface area contributed by atoms with Gasteiger partial charge in [0.1, 0.15) is 0 Å². The Hall–Kier alpha value is -1.89. The van der Waals surface area contributed by atoms with Gasteiger partial charge in [0.25, 0.3) is 5.91 Å². The minimum Gasteiger partial charge on any atom is -0.479 e. The molecule has 0 unspecified atom stereocenters. The van der Waals surface area contributed by atoms with Crippen molar-refractivity contribution in [3.8, 4) is 0 Å². The van der Waals surface area contributed by atoms with Gasteiger partial charge in [-0.2, -0.15) is 0 Å². The minimum absolute atomic E-state index is 0.188. The lowest BCUT2D eigenvalue weighted by atomic mass is 10.2. The number of methoxy groups -OCH3 is 1. The molecule has 0 atom stereocenters. The molecule has 7 heteroatoms. The zero-order valence-electron chi connectivity index (χ0n) is 11.4. The summed E-state index contributed by atoms with van der Waals surface area (Å²) in [7, 11) is 5.20. The van der Waals surface area contributed by atoms with Gasteiger partial charge in [-0.1, -0.05) is 0 Å². The molecule has 0 radical (unpaired) electrons. The summed E-state index contributed by atoms with van der Waals surface area (Å²) in [5.41, 5.74) is 0.188. The number of carbonyl (C=O) groups excluding carboxylic acids is 1. The first-order valence-corrected chi connectivity index (χ1v) is 6.09. The Morgan fingerprint density at radius 2 is 2.21 bits per heavy atom. The van der Waals surface area contributed by atoms with Crippen LogP contribution in [0, 0.1) is 0 Å². The van der Waals surface area contributed by atoms with Crippen LogP contribution in [0.4, 0.5) is 0 Å². The Labute approximate surface area is 112 Å². The number of carbonyl (C=O) groups is 1. The van der Waals surface area contributed by atoms with Crippen LogP contribution in [-0.2, 0) is 14.3 Å². The summed E-state index contributed by atoms with van der Waals surface area (Å²) < 4.78 is 10.2. The summed E-state index contributed by atoms with van der Waals surface area (Å²) in [5, 5.41) is 9.91. The highest BCUT2D eigenvalue weighted by molar-refractivity contribution is 5.94. The van der Waals surface area contributed by atoms with Crippen LogP contribution in [0.3, 0.4) is 0 Å². The maximum absolute atomic E-state index is 12.2. The molecule has 7 nitrogen and oxygen atoms in total. The first-order valence-electron chi connectivity index (χ1n) is 6.09. The van der Waals surface area contributed by atoms with Gasteiger partial charge >= 0.3 is 5.95 Å². The smallest absolute Gasteiger partial charge is 0.314 e. The van der Waals surface area contributed by atoms with Gasteiger partial charge in [0.05, 0.1) is 12.8 Å². The van der Waals surface area contributed by atoms with E-state index in [1.54, 1.807) is 42.1 Å². The number of fused-ring (bicyclic) bond motifs is 1. The molecule has 106 valence electrons. The van der Waals surface area contributed by atoms with Crippen molar-refractivity contribution in [1.29, 1.82) is 0 Å². The van der Waals surface area contributed by atoms with Crippen molar-refractivity contribution in [2.24, 2.45) is 0 Å². The maximum atomic E-state index is 12.2. The number of nitrogens with zero attached hydrogens (tertiary/aromatic N) is 3. The predicted molar refractivity (Wildman–Crippen MR) is 67.7 cm³/mol. The number of amides is 1. The summed E-state index contributed by atoms with van der Waals surface area (Å²) in [5.74, 6) is -0.0902. The van der Waals surface area contributed by atoms with Crippen molar-refractivity contribution in [3.63, 3.8) is 0 Å². The van der Waals surface area contributed by atoms with E-state index in [-0.39, 0.29) is 17.5 Å². The highest BCUT2D eigenvalue weighted by Crippen LogP contribution is 2.26. The third-order valence-electron chi connectivity index (χ3n) is 3.06. The zero-order chi connectivity index (χ0) is 14.0. The Balaban J connectivity index is 2.16. The van der Waals surface area contributed by atoms with E-state index in [0.717, 1.165) is 0 Å². The van der Waals surface area contributed by atoms with E-state index >= 15 is 0 Å². The molecule has 0 aliphatic carbocycles. The molecular formula is C12H19N3O4. The largest absolute Gasteiger partial charge is 0.479 e. The number of piperazine rings is 1. The van der Waals surface area contributed by atoms with Crippen molar-refractivity contribution in [2.75, 3.05) is 47.4 Å². The molecule has 19 heavy (non-hydrogen) atoms. The summed E-state index contributed by atoms with van der Waals surface area (Å²) in [6, 6.07) is 0. The summed E-state index contributed by atoms with van der Waals surface area (Å²) >= 11 is 0. The second-order valence-electron chi connectivity index (χ2n) is 4.60. The van der Waals surface area contributed by atoms with Crippen LogP contribution >= 0.6 is 0 Å². The van der Waals surface area contributed by atoms with E-state index in [2.05, 4.69) is 0 Å². The number of hydrogen-bond acceptors (Lipinski definition) is 6. The first kappa shape index (κ1) is 13.5. The normalized spacial score (nSPS) is 19.1. The van der Waals surface area contributed by atoms with Gasteiger partial charge in [0.2, 0.25) is 5.88 Å². The molecule has 1 fully saturated rings. The SMILES string of the molecule is COCCN1CCN2C=C(N(C)C)OC(O)=C2C1=O. The fourth-order valence-corrected chi connectivity index (χ4v) is 1.99. The molecule has 0 aromatic rings. The number of ether oxygens (including phenoxy) is 2.